The first-order valence-electron chi connectivity index (χ1n) is 11.9. The number of hydrogen-bond donors (Lipinski definition) is 1. The van der Waals surface area contributed by atoms with Crippen LogP contribution >= 0.6 is 0 Å². The second-order valence-electron chi connectivity index (χ2n) is 9.18. The van der Waals surface area contributed by atoms with Crippen LogP contribution in [0.2, 0.25) is 0 Å². The molecule has 0 spiro atoms. The van der Waals surface area contributed by atoms with Crippen molar-refractivity contribution in [3.8, 4) is 11.5 Å². The first-order valence-corrected chi connectivity index (χ1v) is 11.9. The highest BCUT2D eigenvalue weighted by Gasteiger charge is 2.37. The Balaban J connectivity index is 1.26. The molecule has 174 valence electrons. The van der Waals surface area contributed by atoms with Crippen molar-refractivity contribution < 1.29 is 19.1 Å². The monoisotopic (exact) mass is 449 g/mol. The summed E-state index contributed by atoms with van der Waals surface area (Å²) in [5, 5.41) is 2.98. The summed E-state index contributed by atoms with van der Waals surface area (Å²) < 4.78 is 11.4. The van der Waals surface area contributed by atoms with Gasteiger partial charge in [0, 0.05) is 25.3 Å². The molecule has 0 unspecified atom stereocenters. The van der Waals surface area contributed by atoms with Gasteiger partial charge in [0.1, 0.15) is 13.2 Å². The molecule has 2 atom stereocenters. The summed E-state index contributed by atoms with van der Waals surface area (Å²) in [7, 11) is 0. The third-order valence-corrected chi connectivity index (χ3v) is 6.81. The van der Waals surface area contributed by atoms with Gasteiger partial charge in [-0.05, 0) is 68.0 Å². The number of urea groups is 1. The minimum absolute atomic E-state index is 0.0461. The summed E-state index contributed by atoms with van der Waals surface area (Å²) >= 11 is 0. The molecular weight excluding hydrogens is 418 g/mol. The molecule has 3 amide bonds. The van der Waals surface area contributed by atoms with E-state index in [1.165, 1.54) is 0 Å². The summed E-state index contributed by atoms with van der Waals surface area (Å²) in [5.41, 5.74) is 2.97. The fourth-order valence-corrected chi connectivity index (χ4v) is 5.17. The van der Waals surface area contributed by atoms with Gasteiger partial charge in [0.05, 0.1) is 12.0 Å². The van der Waals surface area contributed by atoms with Crippen LogP contribution in [0.5, 0.6) is 11.5 Å². The predicted molar refractivity (Wildman–Crippen MR) is 126 cm³/mol. The Kier molecular flexibility index (Phi) is 6.11. The second kappa shape index (κ2) is 9.33. The molecule has 0 aromatic heterocycles. The van der Waals surface area contributed by atoms with E-state index in [0.29, 0.717) is 26.3 Å². The zero-order chi connectivity index (χ0) is 22.8. The van der Waals surface area contributed by atoms with Crippen molar-refractivity contribution in [3.63, 3.8) is 0 Å². The Bertz CT molecular complexity index is 1040. The molecular formula is C26H31N3O4. The Morgan fingerprint density at radius 1 is 0.970 bits per heavy atom. The van der Waals surface area contributed by atoms with Gasteiger partial charge >= 0.3 is 6.03 Å². The Hall–Kier alpha value is -3.22. The van der Waals surface area contributed by atoms with Crippen molar-refractivity contribution in [2.24, 2.45) is 5.92 Å². The molecule has 2 aromatic carbocycles. The number of nitrogens with one attached hydrogen (secondary N) is 1. The number of anilines is 1. The maximum Gasteiger partial charge on any atom is 0.321 e. The molecule has 2 aromatic rings. The number of likely N-dealkylation sites (tertiary alicyclic amines) is 2. The highest BCUT2D eigenvalue weighted by Crippen LogP contribution is 2.39. The molecule has 7 nitrogen and oxygen atoms in total. The third kappa shape index (κ3) is 4.63. The molecule has 0 radical (unpaired) electrons. The fourth-order valence-electron chi connectivity index (χ4n) is 5.17. The molecule has 7 heteroatoms. The van der Waals surface area contributed by atoms with Crippen molar-refractivity contribution >= 4 is 17.6 Å². The van der Waals surface area contributed by atoms with Crippen LogP contribution in [0.1, 0.15) is 42.9 Å². The Morgan fingerprint density at radius 2 is 1.79 bits per heavy atom. The highest BCUT2D eigenvalue weighted by atomic mass is 16.6. The minimum atomic E-state index is -0.167. The molecule has 0 saturated carbocycles. The average molecular weight is 450 g/mol. The molecule has 0 bridgehead atoms. The lowest BCUT2D eigenvalue weighted by atomic mass is 9.95. The number of ether oxygens (including phenoxy) is 2. The number of fused-ring (bicyclic) bond motifs is 1. The van der Waals surface area contributed by atoms with Crippen molar-refractivity contribution in [1.82, 2.24) is 9.80 Å². The number of aryl methyl sites for hydroxylation is 1. The predicted octanol–water partition coefficient (Wildman–Crippen LogP) is 4.37. The van der Waals surface area contributed by atoms with Crippen LogP contribution in [-0.4, -0.2) is 54.6 Å². The summed E-state index contributed by atoms with van der Waals surface area (Å²) in [6, 6.07) is 13.7. The number of rotatable bonds is 3. The molecule has 3 heterocycles. The largest absolute Gasteiger partial charge is 0.486 e. The van der Waals surface area contributed by atoms with Crippen LogP contribution in [0, 0.1) is 12.8 Å². The van der Waals surface area contributed by atoms with E-state index in [9.17, 15) is 9.59 Å². The molecule has 2 fully saturated rings. The van der Waals surface area contributed by atoms with Gasteiger partial charge in [-0.15, -0.1) is 0 Å². The van der Waals surface area contributed by atoms with E-state index in [4.69, 9.17) is 9.47 Å². The van der Waals surface area contributed by atoms with Gasteiger partial charge in [0.25, 0.3) is 0 Å². The smallest absolute Gasteiger partial charge is 0.321 e. The number of nitrogens with zero attached hydrogens (tertiary/aromatic N) is 2. The van der Waals surface area contributed by atoms with Crippen molar-refractivity contribution in [3.05, 3.63) is 53.6 Å². The van der Waals surface area contributed by atoms with E-state index >= 15 is 0 Å². The quantitative estimate of drug-likeness (QED) is 0.755. The van der Waals surface area contributed by atoms with Gasteiger partial charge in [-0.25, -0.2) is 4.79 Å². The van der Waals surface area contributed by atoms with Crippen LogP contribution < -0.4 is 14.8 Å². The molecule has 3 aliphatic rings. The normalized spacial score (nSPS) is 22.2. The number of carbonyl (C=O) groups is 2. The number of piperidine rings is 1. The zero-order valence-electron chi connectivity index (χ0n) is 19.1. The van der Waals surface area contributed by atoms with Gasteiger partial charge in [-0.2, -0.15) is 0 Å². The van der Waals surface area contributed by atoms with Gasteiger partial charge < -0.3 is 24.6 Å². The number of amides is 3. The topological polar surface area (TPSA) is 71.1 Å². The molecule has 3 aliphatic heterocycles. The van der Waals surface area contributed by atoms with E-state index in [2.05, 4.69) is 5.32 Å². The fraction of sp³-hybridized carbons (Fsp3) is 0.462. The van der Waals surface area contributed by atoms with Crippen LogP contribution in [0.15, 0.2) is 42.5 Å². The SMILES string of the molecule is Cc1cccc(NC(=O)N2CCC[C@H](C(=O)N3CCC[C@@H]3c3ccc4c(c3)OCCO4)C2)c1. The van der Waals surface area contributed by atoms with E-state index in [-0.39, 0.29) is 23.9 Å². The van der Waals surface area contributed by atoms with Crippen LogP contribution in [0.3, 0.4) is 0 Å². The third-order valence-electron chi connectivity index (χ3n) is 6.81. The van der Waals surface area contributed by atoms with E-state index in [0.717, 1.165) is 60.5 Å². The first-order chi connectivity index (χ1) is 16.1. The number of hydrogen-bond acceptors (Lipinski definition) is 4. The summed E-state index contributed by atoms with van der Waals surface area (Å²) in [6.07, 6.45) is 3.57. The lowest BCUT2D eigenvalue weighted by Crippen LogP contribution is -2.47. The number of benzene rings is 2. The van der Waals surface area contributed by atoms with Crippen LogP contribution in [0.4, 0.5) is 10.5 Å². The van der Waals surface area contributed by atoms with E-state index in [1.54, 1.807) is 4.90 Å². The van der Waals surface area contributed by atoms with Crippen LogP contribution in [-0.2, 0) is 4.79 Å². The summed E-state index contributed by atoms with van der Waals surface area (Å²) in [5.74, 6) is 1.51. The van der Waals surface area contributed by atoms with Gasteiger partial charge in [0.2, 0.25) is 5.91 Å². The maximum absolute atomic E-state index is 13.6. The van der Waals surface area contributed by atoms with Crippen LogP contribution in [0.25, 0.3) is 0 Å². The molecule has 1 N–H and O–H groups in total. The van der Waals surface area contributed by atoms with Crippen molar-refractivity contribution in [2.75, 3.05) is 38.2 Å². The average Bonchev–Trinajstić information content (AvgIpc) is 3.33. The summed E-state index contributed by atoms with van der Waals surface area (Å²) in [4.78, 5) is 30.2. The maximum atomic E-state index is 13.6. The first kappa shape index (κ1) is 21.6. The van der Waals surface area contributed by atoms with Crippen molar-refractivity contribution in [1.29, 1.82) is 0 Å². The number of carbonyl (C=O) groups excluding carboxylic acids is 2. The Labute approximate surface area is 194 Å². The molecule has 0 aliphatic carbocycles. The lowest BCUT2D eigenvalue weighted by Gasteiger charge is -2.36. The molecule has 5 rings (SSSR count). The second-order valence-corrected chi connectivity index (χ2v) is 9.18. The van der Waals surface area contributed by atoms with E-state index < -0.39 is 0 Å². The van der Waals surface area contributed by atoms with Crippen molar-refractivity contribution in [2.45, 2.75) is 38.6 Å². The minimum Gasteiger partial charge on any atom is -0.486 e. The van der Waals surface area contributed by atoms with Gasteiger partial charge in [-0.1, -0.05) is 18.2 Å². The lowest BCUT2D eigenvalue weighted by molar-refractivity contribution is -0.137. The highest BCUT2D eigenvalue weighted by molar-refractivity contribution is 5.90. The molecule has 33 heavy (non-hydrogen) atoms. The van der Waals surface area contributed by atoms with E-state index in [1.807, 2.05) is 54.3 Å². The van der Waals surface area contributed by atoms with Gasteiger partial charge in [0.15, 0.2) is 11.5 Å². The van der Waals surface area contributed by atoms with Gasteiger partial charge in [-0.3, -0.25) is 4.79 Å². The molecule has 2 saturated heterocycles. The standard InChI is InChI=1S/C26H31N3O4/c1-18-5-2-7-21(15-18)27-26(31)28-11-3-6-20(17-28)25(30)29-12-4-8-22(29)19-9-10-23-24(16-19)33-14-13-32-23/h2,5,7,9-10,15-16,20,22H,3-4,6,8,11-14,17H2,1H3,(H,27,31)/t20-,22+/m0/s1. The summed E-state index contributed by atoms with van der Waals surface area (Å²) in [6.45, 7) is 5.00. The Morgan fingerprint density at radius 3 is 2.64 bits per heavy atom. The zero-order valence-corrected chi connectivity index (χ0v) is 19.1.